The Morgan fingerprint density at radius 1 is 0.939 bits per heavy atom. The number of nitriles is 1. The molecule has 7 nitrogen and oxygen atoms in total. The van der Waals surface area contributed by atoms with Crippen molar-refractivity contribution >= 4 is 28.9 Å². The third kappa shape index (κ3) is 7.15. The molecular weight excluding hydrogens is 648 g/mol. The molecule has 2 aromatic heterocycles. The van der Waals surface area contributed by atoms with Crippen molar-refractivity contribution in [1.82, 2.24) is 19.7 Å². The SMILES string of the molecule is Cc1ccc(-c2nn(-c3ccccc3)cc2/C=c2\s/c(=C(/C#N)C(=O)NCCc3ccccc3)n(-c3ccccc3C(F)(F)F)c2=O)cc1. The second kappa shape index (κ2) is 14.0. The Labute approximate surface area is 283 Å². The number of aryl methyl sites for hydroxylation is 1. The van der Waals surface area contributed by atoms with E-state index in [2.05, 4.69) is 5.32 Å². The lowest BCUT2D eigenvalue weighted by Gasteiger charge is -2.13. The minimum absolute atomic E-state index is 0.0118. The first-order valence-corrected chi connectivity index (χ1v) is 16.0. The molecule has 0 aliphatic carbocycles. The van der Waals surface area contributed by atoms with Crippen molar-refractivity contribution in [3.8, 4) is 28.7 Å². The van der Waals surface area contributed by atoms with Crippen LogP contribution in [0.2, 0.25) is 0 Å². The number of hydrogen-bond donors (Lipinski definition) is 1. The molecule has 1 N–H and O–H groups in total. The van der Waals surface area contributed by atoms with Gasteiger partial charge in [0.2, 0.25) is 0 Å². The van der Waals surface area contributed by atoms with E-state index in [9.17, 15) is 28.0 Å². The Morgan fingerprint density at radius 3 is 2.27 bits per heavy atom. The third-order valence-corrected chi connectivity index (χ3v) is 8.84. The Morgan fingerprint density at radius 2 is 1.59 bits per heavy atom. The van der Waals surface area contributed by atoms with Gasteiger partial charge in [-0.3, -0.25) is 14.2 Å². The monoisotopic (exact) mass is 675 g/mol. The summed E-state index contributed by atoms with van der Waals surface area (Å²) in [5.41, 5.74) is 1.67. The number of aromatic nitrogens is 3. The summed E-state index contributed by atoms with van der Waals surface area (Å²) < 4.78 is 45.1. The number of carbonyl (C=O) groups is 1. The number of thiazole rings is 1. The Kier molecular flexibility index (Phi) is 9.42. The van der Waals surface area contributed by atoms with E-state index in [1.54, 1.807) is 10.9 Å². The maximum atomic E-state index is 14.3. The van der Waals surface area contributed by atoms with Crippen molar-refractivity contribution in [2.24, 2.45) is 0 Å². The van der Waals surface area contributed by atoms with Crippen LogP contribution in [-0.4, -0.2) is 26.8 Å². The van der Waals surface area contributed by atoms with Gasteiger partial charge in [-0.05, 0) is 49.2 Å². The van der Waals surface area contributed by atoms with Gasteiger partial charge >= 0.3 is 6.18 Å². The zero-order valence-corrected chi connectivity index (χ0v) is 26.9. The van der Waals surface area contributed by atoms with Crippen LogP contribution >= 0.6 is 11.3 Å². The molecule has 11 heteroatoms. The van der Waals surface area contributed by atoms with Gasteiger partial charge in [0.05, 0.1) is 27.2 Å². The highest BCUT2D eigenvalue weighted by molar-refractivity contribution is 7.07. The molecule has 0 bridgehead atoms. The number of alkyl halides is 3. The number of nitrogens with zero attached hydrogens (tertiary/aromatic N) is 4. The molecule has 0 unspecified atom stereocenters. The molecule has 6 rings (SSSR count). The predicted octanol–water partition coefficient (Wildman–Crippen LogP) is 5.94. The molecule has 0 radical (unpaired) electrons. The Hall–Kier alpha value is -5.99. The molecule has 1 amide bonds. The van der Waals surface area contributed by atoms with Crippen LogP contribution < -0.4 is 20.1 Å². The molecule has 0 atom stereocenters. The highest BCUT2D eigenvalue weighted by Crippen LogP contribution is 2.33. The van der Waals surface area contributed by atoms with E-state index >= 15 is 0 Å². The van der Waals surface area contributed by atoms with Crippen LogP contribution in [0.5, 0.6) is 0 Å². The molecule has 2 heterocycles. The fourth-order valence-corrected chi connectivity index (χ4v) is 6.39. The molecule has 0 aliphatic rings. The van der Waals surface area contributed by atoms with Crippen LogP contribution in [0.4, 0.5) is 13.2 Å². The van der Waals surface area contributed by atoms with Crippen molar-refractivity contribution in [2.45, 2.75) is 19.5 Å². The second-order valence-corrected chi connectivity index (χ2v) is 12.2. The highest BCUT2D eigenvalue weighted by atomic mass is 32.1. The van der Waals surface area contributed by atoms with Crippen LogP contribution in [0.25, 0.3) is 34.3 Å². The van der Waals surface area contributed by atoms with Gasteiger partial charge in [0.1, 0.15) is 10.7 Å². The average molecular weight is 676 g/mol. The van der Waals surface area contributed by atoms with Crippen molar-refractivity contribution in [3.05, 3.63) is 157 Å². The van der Waals surface area contributed by atoms with Crippen molar-refractivity contribution in [3.63, 3.8) is 0 Å². The van der Waals surface area contributed by atoms with Gasteiger partial charge in [0, 0.05) is 23.9 Å². The molecule has 4 aromatic carbocycles. The van der Waals surface area contributed by atoms with Gasteiger partial charge < -0.3 is 5.32 Å². The quantitative estimate of drug-likeness (QED) is 0.216. The van der Waals surface area contributed by atoms with Crippen LogP contribution in [0.1, 0.15) is 22.3 Å². The highest BCUT2D eigenvalue weighted by Gasteiger charge is 2.34. The molecular formula is C38H28F3N5O2S. The van der Waals surface area contributed by atoms with E-state index < -0.39 is 34.5 Å². The van der Waals surface area contributed by atoms with Crippen molar-refractivity contribution < 1.29 is 18.0 Å². The Bertz CT molecular complexity index is 2350. The van der Waals surface area contributed by atoms with Gasteiger partial charge in [0.25, 0.3) is 11.5 Å². The van der Waals surface area contributed by atoms with Gasteiger partial charge in [-0.25, -0.2) is 4.68 Å². The first kappa shape index (κ1) is 32.9. The summed E-state index contributed by atoms with van der Waals surface area (Å²) in [5, 5.41) is 17.7. The number of para-hydroxylation sites is 2. The topological polar surface area (TPSA) is 92.7 Å². The van der Waals surface area contributed by atoms with E-state index in [1.807, 2.05) is 97.9 Å². The third-order valence-electron chi connectivity index (χ3n) is 7.74. The Balaban J connectivity index is 1.57. The molecule has 0 spiro atoms. The van der Waals surface area contributed by atoms with Crippen LogP contribution in [0.15, 0.2) is 120 Å². The normalized spacial score (nSPS) is 12.4. The number of halogens is 3. The molecule has 0 saturated carbocycles. The average Bonchev–Trinajstić information content (AvgIpc) is 3.66. The first-order chi connectivity index (χ1) is 23.6. The van der Waals surface area contributed by atoms with E-state index in [1.165, 1.54) is 18.2 Å². The maximum absolute atomic E-state index is 14.3. The minimum atomic E-state index is -4.82. The maximum Gasteiger partial charge on any atom is 0.418 e. The second-order valence-electron chi connectivity index (χ2n) is 11.1. The summed E-state index contributed by atoms with van der Waals surface area (Å²) in [6.07, 6.45) is -1.10. The lowest BCUT2D eigenvalue weighted by Crippen LogP contribution is -2.35. The first-order valence-electron chi connectivity index (χ1n) is 15.2. The molecule has 0 fully saturated rings. The smallest absolute Gasteiger partial charge is 0.351 e. The van der Waals surface area contributed by atoms with Crippen molar-refractivity contribution in [1.29, 1.82) is 5.26 Å². The summed E-state index contributed by atoms with van der Waals surface area (Å²) in [7, 11) is 0. The summed E-state index contributed by atoms with van der Waals surface area (Å²) in [6, 6.07) is 32.8. The molecule has 6 aromatic rings. The number of hydrogen-bond acceptors (Lipinski definition) is 5. The van der Waals surface area contributed by atoms with Gasteiger partial charge in [-0.1, -0.05) is 90.5 Å². The van der Waals surface area contributed by atoms with Gasteiger partial charge in [-0.2, -0.15) is 23.5 Å². The predicted molar refractivity (Wildman–Crippen MR) is 184 cm³/mol. The number of carbonyl (C=O) groups excluding carboxylic acids is 1. The van der Waals surface area contributed by atoms with Crippen LogP contribution in [0.3, 0.4) is 0 Å². The van der Waals surface area contributed by atoms with Crippen LogP contribution in [0, 0.1) is 18.3 Å². The van der Waals surface area contributed by atoms with E-state index in [-0.39, 0.29) is 15.7 Å². The number of rotatable bonds is 8. The summed E-state index contributed by atoms with van der Waals surface area (Å²) in [4.78, 5) is 27.6. The summed E-state index contributed by atoms with van der Waals surface area (Å²) in [5.74, 6) is -0.804. The van der Waals surface area contributed by atoms with Crippen LogP contribution in [-0.2, 0) is 17.4 Å². The number of amides is 1. The zero-order chi connectivity index (χ0) is 34.5. The number of nitrogens with one attached hydrogen (secondary N) is 1. The van der Waals surface area contributed by atoms with E-state index in [4.69, 9.17) is 5.10 Å². The van der Waals surface area contributed by atoms with E-state index in [0.717, 1.165) is 50.4 Å². The minimum Gasteiger partial charge on any atom is -0.351 e. The summed E-state index contributed by atoms with van der Waals surface area (Å²) >= 11 is 0.768. The lowest BCUT2D eigenvalue weighted by atomic mass is 10.1. The molecule has 244 valence electrons. The molecule has 0 saturated heterocycles. The van der Waals surface area contributed by atoms with E-state index in [0.29, 0.717) is 17.7 Å². The lowest BCUT2D eigenvalue weighted by molar-refractivity contribution is -0.137. The number of benzene rings is 4. The molecule has 49 heavy (non-hydrogen) atoms. The zero-order valence-electron chi connectivity index (χ0n) is 26.1. The largest absolute Gasteiger partial charge is 0.418 e. The van der Waals surface area contributed by atoms with Gasteiger partial charge in [-0.15, -0.1) is 11.3 Å². The molecule has 0 aliphatic heterocycles. The van der Waals surface area contributed by atoms with Crippen molar-refractivity contribution in [2.75, 3.05) is 6.54 Å². The standard InChI is InChI=1S/C38H28F3N5O2S/c1-25-16-18-27(19-17-25)34-28(24-45(44-34)29-12-6-3-7-13-29)22-33-36(48)46(32-15-9-8-14-31(32)38(39,40)41)37(49-33)30(23-42)35(47)43-21-20-26-10-4-2-5-11-26/h2-19,22,24H,20-21H2,1H3,(H,43,47)/b33-22-,37-30-. The fourth-order valence-electron chi connectivity index (χ4n) is 5.31. The van der Waals surface area contributed by atoms with Gasteiger partial charge in [0.15, 0.2) is 5.57 Å². The summed E-state index contributed by atoms with van der Waals surface area (Å²) in [6.45, 7) is 2.12. The fraction of sp³-hybridized carbons (Fsp3) is 0.105.